The van der Waals surface area contributed by atoms with Crippen molar-refractivity contribution in [2.75, 3.05) is 0 Å². The number of nitrogens with zero attached hydrogens (tertiary/aromatic N) is 4. The topological polar surface area (TPSA) is 69.6 Å². The van der Waals surface area contributed by atoms with Crippen LogP contribution in [0.5, 0.6) is 0 Å². The molecule has 1 fully saturated rings. The maximum Gasteiger partial charge on any atom is 0.214 e. The molecule has 1 saturated carbocycles. The van der Waals surface area contributed by atoms with Gasteiger partial charge >= 0.3 is 0 Å². The van der Waals surface area contributed by atoms with Gasteiger partial charge in [0, 0.05) is 10.9 Å². The molecule has 19 heavy (non-hydrogen) atoms. The van der Waals surface area contributed by atoms with Crippen LogP contribution in [0.1, 0.15) is 37.4 Å². The van der Waals surface area contributed by atoms with Crippen LogP contribution in [0.2, 0.25) is 5.02 Å². The van der Waals surface area contributed by atoms with E-state index in [0.717, 1.165) is 28.5 Å². The fourth-order valence-corrected chi connectivity index (χ4v) is 2.93. The van der Waals surface area contributed by atoms with Crippen LogP contribution in [0.25, 0.3) is 0 Å². The number of aromatic nitrogens is 4. The van der Waals surface area contributed by atoms with E-state index < -0.39 is 0 Å². The highest BCUT2D eigenvalue weighted by atomic mass is 35.5. The van der Waals surface area contributed by atoms with E-state index in [0.29, 0.717) is 11.1 Å². The monoisotopic (exact) mass is 295 g/mol. The Bertz CT molecular complexity index is 594. The van der Waals surface area contributed by atoms with Crippen molar-refractivity contribution < 1.29 is 0 Å². The number of halogens is 1. The SMILES string of the molecule is CC(N)c1ccc(Sc2nnnn2C2CC2)c(Cl)c1. The van der Waals surface area contributed by atoms with Gasteiger partial charge in [0.1, 0.15) is 0 Å². The average molecular weight is 296 g/mol. The lowest BCUT2D eigenvalue weighted by Gasteiger charge is -2.09. The maximum absolute atomic E-state index is 6.28. The molecule has 1 aliphatic carbocycles. The summed E-state index contributed by atoms with van der Waals surface area (Å²) >= 11 is 7.77. The quantitative estimate of drug-likeness (QED) is 0.939. The van der Waals surface area contributed by atoms with Crippen molar-refractivity contribution in [2.24, 2.45) is 5.73 Å². The van der Waals surface area contributed by atoms with Gasteiger partial charge in [0.25, 0.3) is 0 Å². The van der Waals surface area contributed by atoms with Crippen molar-refractivity contribution in [1.29, 1.82) is 0 Å². The highest BCUT2D eigenvalue weighted by Gasteiger charge is 2.28. The predicted octanol–water partition coefficient (Wildman–Crippen LogP) is 2.83. The van der Waals surface area contributed by atoms with E-state index in [9.17, 15) is 0 Å². The molecule has 3 rings (SSSR count). The van der Waals surface area contributed by atoms with Gasteiger partial charge in [0.2, 0.25) is 5.16 Å². The third-order valence-electron chi connectivity index (χ3n) is 3.04. The molecule has 1 aromatic carbocycles. The molecule has 2 aromatic rings. The first-order valence-corrected chi connectivity index (χ1v) is 7.35. The van der Waals surface area contributed by atoms with E-state index in [2.05, 4.69) is 15.5 Å². The lowest BCUT2D eigenvalue weighted by Crippen LogP contribution is -2.04. The number of hydrogen-bond donors (Lipinski definition) is 1. The molecule has 0 radical (unpaired) electrons. The van der Waals surface area contributed by atoms with Gasteiger partial charge in [-0.2, -0.15) is 0 Å². The summed E-state index contributed by atoms with van der Waals surface area (Å²) in [5.41, 5.74) is 6.86. The lowest BCUT2D eigenvalue weighted by molar-refractivity contribution is 0.565. The lowest BCUT2D eigenvalue weighted by atomic mass is 10.1. The van der Waals surface area contributed by atoms with Crippen LogP contribution in [0.3, 0.4) is 0 Å². The highest BCUT2D eigenvalue weighted by molar-refractivity contribution is 7.99. The average Bonchev–Trinajstić information content (AvgIpc) is 3.12. The Morgan fingerprint density at radius 3 is 2.89 bits per heavy atom. The minimum absolute atomic E-state index is 0.0201. The molecule has 0 spiro atoms. The summed E-state index contributed by atoms with van der Waals surface area (Å²) < 4.78 is 1.88. The first kappa shape index (κ1) is 12.9. The highest BCUT2D eigenvalue weighted by Crippen LogP contribution is 2.39. The van der Waals surface area contributed by atoms with Crippen molar-refractivity contribution in [2.45, 2.75) is 41.9 Å². The first-order chi connectivity index (χ1) is 9.15. The molecule has 0 aliphatic heterocycles. The van der Waals surface area contributed by atoms with Crippen molar-refractivity contribution in [3.8, 4) is 0 Å². The molecule has 1 aliphatic rings. The Morgan fingerprint density at radius 1 is 1.47 bits per heavy atom. The second-order valence-electron chi connectivity index (χ2n) is 4.72. The maximum atomic E-state index is 6.28. The standard InChI is InChI=1S/C12H14ClN5S/c1-7(14)8-2-5-11(10(13)6-8)19-12-15-16-17-18(12)9-3-4-9/h2,5-7,9H,3-4,14H2,1H3. The summed E-state index contributed by atoms with van der Waals surface area (Å²) in [5, 5.41) is 13.3. The normalized spacial score (nSPS) is 16.6. The number of rotatable bonds is 4. The summed E-state index contributed by atoms with van der Waals surface area (Å²) in [4.78, 5) is 0.947. The fraction of sp³-hybridized carbons (Fsp3) is 0.417. The van der Waals surface area contributed by atoms with Gasteiger partial charge in [-0.3, -0.25) is 0 Å². The molecular formula is C12H14ClN5S. The molecule has 1 atom stereocenters. The van der Waals surface area contributed by atoms with Crippen molar-refractivity contribution in [3.63, 3.8) is 0 Å². The van der Waals surface area contributed by atoms with Crippen LogP contribution in [-0.2, 0) is 0 Å². The van der Waals surface area contributed by atoms with Gasteiger partial charge in [0.15, 0.2) is 0 Å². The fourth-order valence-electron chi connectivity index (χ4n) is 1.78. The zero-order valence-corrected chi connectivity index (χ0v) is 12.0. The van der Waals surface area contributed by atoms with Crippen molar-refractivity contribution in [3.05, 3.63) is 28.8 Å². The molecule has 5 nitrogen and oxygen atoms in total. The third kappa shape index (κ3) is 2.75. The molecule has 0 amide bonds. The van der Waals surface area contributed by atoms with E-state index >= 15 is 0 Å². The third-order valence-corrected chi connectivity index (χ3v) is 4.49. The number of tetrazole rings is 1. The van der Waals surface area contributed by atoms with Gasteiger partial charge in [0.05, 0.1) is 11.1 Å². The molecule has 100 valence electrons. The smallest absolute Gasteiger partial charge is 0.214 e. The van der Waals surface area contributed by atoms with Crippen LogP contribution in [-0.4, -0.2) is 20.2 Å². The summed E-state index contributed by atoms with van der Waals surface area (Å²) in [6.07, 6.45) is 2.30. The molecule has 1 unspecified atom stereocenters. The van der Waals surface area contributed by atoms with Crippen molar-refractivity contribution >= 4 is 23.4 Å². The molecule has 1 aromatic heterocycles. The van der Waals surface area contributed by atoms with Gasteiger partial charge in [-0.05, 0) is 59.7 Å². The second kappa shape index (κ2) is 5.11. The number of hydrogen-bond acceptors (Lipinski definition) is 5. The molecule has 1 heterocycles. The summed E-state index contributed by atoms with van der Waals surface area (Å²) in [7, 11) is 0. The minimum Gasteiger partial charge on any atom is -0.324 e. The van der Waals surface area contributed by atoms with Crippen LogP contribution >= 0.6 is 23.4 Å². The van der Waals surface area contributed by atoms with E-state index in [1.807, 2.05) is 29.8 Å². The number of nitrogens with two attached hydrogens (primary N) is 1. The molecule has 0 bridgehead atoms. The Kier molecular flexibility index (Phi) is 3.47. The first-order valence-electron chi connectivity index (χ1n) is 6.16. The van der Waals surface area contributed by atoms with Gasteiger partial charge in [-0.15, -0.1) is 5.10 Å². The Hall–Kier alpha value is -1.11. The Balaban J connectivity index is 1.84. The molecule has 7 heteroatoms. The summed E-state index contributed by atoms with van der Waals surface area (Å²) in [6, 6.07) is 6.30. The van der Waals surface area contributed by atoms with Gasteiger partial charge in [-0.25, -0.2) is 4.68 Å². The van der Waals surface area contributed by atoms with E-state index in [1.54, 1.807) is 0 Å². The van der Waals surface area contributed by atoms with E-state index in [-0.39, 0.29) is 6.04 Å². The summed E-state index contributed by atoms with van der Waals surface area (Å²) in [6.45, 7) is 1.94. The Morgan fingerprint density at radius 2 is 2.26 bits per heavy atom. The van der Waals surface area contributed by atoms with Crippen LogP contribution in [0, 0.1) is 0 Å². The van der Waals surface area contributed by atoms with Crippen LogP contribution < -0.4 is 5.73 Å². The van der Waals surface area contributed by atoms with Gasteiger partial charge in [-0.1, -0.05) is 17.7 Å². The molecule has 0 saturated heterocycles. The van der Waals surface area contributed by atoms with E-state index in [1.165, 1.54) is 11.8 Å². The minimum atomic E-state index is -0.0201. The summed E-state index contributed by atoms with van der Waals surface area (Å²) in [5.74, 6) is 0. The van der Waals surface area contributed by atoms with Crippen molar-refractivity contribution in [1.82, 2.24) is 20.2 Å². The zero-order chi connectivity index (χ0) is 13.4. The van der Waals surface area contributed by atoms with E-state index in [4.69, 9.17) is 17.3 Å². The van der Waals surface area contributed by atoms with Gasteiger partial charge < -0.3 is 5.73 Å². The number of benzene rings is 1. The molecule has 2 N–H and O–H groups in total. The van der Waals surface area contributed by atoms with Crippen LogP contribution in [0.4, 0.5) is 0 Å². The van der Waals surface area contributed by atoms with Crippen LogP contribution in [0.15, 0.2) is 28.3 Å². The second-order valence-corrected chi connectivity index (χ2v) is 6.13. The zero-order valence-electron chi connectivity index (χ0n) is 10.5. The predicted molar refractivity (Wildman–Crippen MR) is 74.3 cm³/mol. The largest absolute Gasteiger partial charge is 0.324 e. The molecular weight excluding hydrogens is 282 g/mol. The Labute approximate surface area is 120 Å².